The number of hydrogen-bond donors (Lipinski definition) is 1. The lowest BCUT2D eigenvalue weighted by molar-refractivity contribution is -0.120. The lowest BCUT2D eigenvalue weighted by Gasteiger charge is -2.09. The van der Waals surface area contributed by atoms with E-state index in [4.69, 9.17) is 23.2 Å². The zero-order valence-corrected chi connectivity index (χ0v) is 19.0. The van der Waals surface area contributed by atoms with Crippen LogP contribution in [0.25, 0.3) is 11.4 Å². The summed E-state index contributed by atoms with van der Waals surface area (Å²) in [5, 5.41) is 8.29. The van der Waals surface area contributed by atoms with Crippen LogP contribution in [0.5, 0.6) is 0 Å². The maximum absolute atomic E-state index is 14.4. The van der Waals surface area contributed by atoms with Crippen molar-refractivity contribution in [3.05, 3.63) is 93.5 Å². The first-order chi connectivity index (χ1) is 15.3. The molecule has 6 nitrogen and oxygen atoms in total. The maximum Gasteiger partial charge on any atom is 0.224 e. The van der Waals surface area contributed by atoms with Gasteiger partial charge in [-0.2, -0.15) is 5.10 Å². The van der Waals surface area contributed by atoms with Crippen molar-refractivity contribution in [1.29, 1.82) is 0 Å². The lowest BCUT2D eigenvalue weighted by atomic mass is 10.1. The molecule has 0 aliphatic rings. The van der Waals surface area contributed by atoms with Crippen molar-refractivity contribution in [3.8, 4) is 11.4 Å². The van der Waals surface area contributed by atoms with Crippen molar-refractivity contribution < 1.29 is 9.18 Å². The Kier molecular flexibility index (Phi) is 6.30. The fraction of sp³-hybridized carbons (Fsp3) is 0.174. The molecule has 0 aliphatic heterocycles. The third-order valence-electron chi connectivity index (χ3n) is 5.21. The van der Waals surface area contributed by atoms with Crippen molar-refractivity contribution >= 4 is 29.1 Å². The SMILES string of the molecule is Cc1nn(-c2ccc(Cl)c(Cl)c2)c(C)c1CC(=O)NCc1ccc(-n2ccnc2)c(F)c1. The number of carbonyl (C=O) groups is 1. The number of nitrogens with zero attached hydrogens (tertiary/aromatic N) is 4. The fourth-order valence-corrected chi connectivity index (χ4v) is 3.79. The molecule has 0 bridgehead atoms. The summed E-state index contributed by atoms with van der Waals surface area (Å²) in [4.78, 5) is 16.5. The summed E-state index contributed by atoms with van der Waals surface area (Å²) in [6, 6.07) is 10.1. The van der Waals surface area contributed by atoms with Gasteiger partial charge in [-0.15, -0.1) is 0 Å². The van der Waals surface area contributed by atoms with E-state index >= 15 is 0 Å². The average Bonchev–Trinajstić information content (AvgIpc) is 3.39. The van der Waals surface area contributed by atoms with E-state index in [-0.39, 0.29) is 24.7 Å². The van der Waals surface area contributed by atoms with E-state index in [9.17, 15) is 9.18 Å². The molecule has 9 heteroatoms. The van der Waals surface area contributed by atoms with E-state index < -0.39 is 0 Å². The van der Waals surface area contributed by atoms with Crippen LogP contribution in [-0.2, 0) is 17.8 Å². The van der Waals surface area contributed by atoms with Crippen molar-refractivity contribution in [2.75, 3.05) is 0 Å². The van der Waals surface area contributed by atoms with Crippen molar-refractivity contribution in [3.63, 3.8) is 0 Å². The third-order valence-corrected chi connectivity index (χ3v) is 5.95. The van der Waals surface area contributed by atoms with E-state index in [0.29, 0.717) is 21.3 Å². The van der Waals surface area contributed by atoms with Gasteiger partial charge in [0.15, 0.2) is 0 Å². The van der Waals surface area contributed by atoms with Crippen LogP contribution in [0.3, 0.4) is 0 Å². The third kappa shape index (κ3) is 4.54. The fourth-order valence-electron chi connectivity index (χ4n) is 3.49. The molecule has 2 heterocycles. The Balaban J connectivity index is 1.44. The van der Waals surface area contributed by atoms with Gasteiger partial charge in [0, 0.05) is 30.2 Å². The van der Waals surface area contributed by atoms with E-state index in [1.807, 2.05) is 19.9 Å². The van der Waals surface area contributed by atoms with Crippen molar-refractivity contribution in [1.82, 2.24) is 24.6 Å². The molecule has 1 amide bonds. The van der Waals surface area contributed by atoms with Gasteiger partial charge in [-0.25, -0.2) is 14.1 Å². The van der Waals surface area contributed by atoms with Gasteiger partial charge in [0.05, 0.1) is 39.9 Å². The zero-order valence-electron chi connectivity index (χ0n) is 17.4. The number of aryl methyl sites for hydroxylation is 1. The first kappa shape index (κ1) is 22.0. The lowest BCUT2D eigenvalue weighted by Crippen LogP contribution is -2.25. The molecule has 0 unspecified atom stereocenters. The first-order valence-electron chi connectivity index (χ1n) is 9.87. The minimum atomic E-state index is -0.385. The van der Waals surface area contributed by atoms with Gasteiger partial charge in [-0.05, 0) is 49.7 Å². The summed E-state index contributed by atoms with van der Waals surface area (Å²) in [5.41, 5.74) is 4.25. The molecule has 0 fully saturated rings. The molecule has 0 radical (unpaired) electrons. The van der Waals surface area contributed by atoms with Crippen LogP contribution in [-0.4, -0.2) is 25.2 Å². The number of aromatic nitrogens is 4. The zero-order chi connectivity index (χ0) is 22.8. The Labute approximate surface area is 194 Å². The first-order valence-corrected chi connectivity index (χ1v) is 10.6. The molecule has 164 valence electrons. The number of carbonyl (C=O) groups excluding carboxylic acids is 1. The normalized spacial score (nSPS) is 11.0. The minimum Gasteiger partial charge on any atom is -0.352 e. The van der Waals surface area contributed by atoms with E-state index in [0.717, 1.165) is 22.6 Å². The van der Waals surface area contributed by atoms with Gasteiger partial charge in [0.25, 0.3) is 0 Å². The molecule has 2 aromatic heterocycles. The van der Waals surface area contributed by atoms with Crippen LogP contribution < -0.4 is 5.32 Å². The highest BCUT2D eigenvalue weighted by Gasteiger charge is 2.17. The summed E-state index contributed by atoms with van der Waals surface area (Å²) >= 11 is 12.1. The molecule has 0 saturated carbocycles. The largest absolute Gasteiger partial charge is 0.352 e. The molecule has 1 N–H and O–H groups in total. The molecular weight excluding hydrogens is 452 g/mol. The molecule has 4 rings (SSSR count). The summed E-state index contributed by atoms with van der Waals surface area (Å²) in [5.74, 6) is -0.562. The van der Waals surface area contributed by atoms with E-state index in [1.165, 1.54) is 12.4 Å². The standard InChI is InChI=1S/C23H20Cl2FN5O/c1-14-18(15(2)31(29-14)17-4-5-19(24)20(25)10-17)11-23(32)28-12-16-3-6-22(21(26)9-16)30-8-7-27-13-30/h3-10,13H,11-12H2,1-2H3,(H,28,32). The number of imidazole rings is 1. The smallest absolute Gasteiger partial charge is 0.224 e. The van der Waals surface area contributed by atoms with Gasteiger partial charge >= 0.3 is 0 Å². The second-order valence-electron chi connectivity index (χ2n) is 7.37. The average molecular weight is 472 g/mol. The maximum atomic E-state index is 14.4. The van der Waals surface area contributed by atoms with Crippen LogP contribution in [0.2, 0.25) is 10.0 Å². The highest BCUT2D eigenvalue weighted by molar-refractivity contribution is 6.42. The molecule has 0 spiro atoms. The van der Waals surface area contributed by atoms with Crippen molar-refractivity contribution in [2.24, 2.45) is 0 Å². The molecular formula is C23H20Cl2FN5O. The quantitative estimate of drug-likeness (QED) is 0.431. The predicted molar refractivity (Wildman–Crippen MR) is 122 cm³/mol. The number of halogens is 3. The van der Waals surface area contributed by atoms with Crippen LogP contribution in [0, 0.1) is 19.7 Å². The number of hydrogen-bond acceptors (Lipinski definition) is 3. The topological polar surface area (TPSA) is 64.7 Å². The number of rotatable bonds is 6. The van der Waals surface area contributed by atoms with Gasteiger partial charge < -0.3 is 9.88 Å². The minimum absolute atomic E-state index is 0.161. The Morgan fingerprint density at radius 3 is 2.62 bits per heavy atom. The molecule has 0 saturated heterocycles. The summed E-state index contributed by atoms with van der Waals surface area (Å²) < 4.78 is 17.8. The highest BCUT2D eigenvalue weighted by Crippen LogP contribution is 2.26. The monoisotopic (exact) mass is 471 g/mol. The van der Waals surface area contributed by atoms with Gasteiger partial charge in [0.2, 0.25) is 5.91 Å². The Morgan fingerprint density at radius 2 is 1.94 bits per heavy atom. The molecule has 2 aromatic carbocycles. The summed E-state index contributed by atoms with van der Waals surface area (Å²) in [7, 11) is 0. The molecule has 32 heavy (non-hydrogen) atoms. The highest BCUT2D eigenvalue weighted by atomic mass is 35.5. The second-order valence-corrected chi connectivity index (χ2v) is 8.18. The van der Waals surface area contributed by atoms with E-state index in [1.54, 1.807) is 45.9 Å². The number of benzene rings is 2. The van der Waals surface area contributed by atoms with Crippen molar-refractivity contribution in [2.45, 2.75) is 26.8 Å². The van der Waals surface area contributed by atoms with Crippen LogP contribution >= 0.6 is 23.2 Å². The molecule has 4 aromatic rings. The van der Waals surface area contributed by atoms with E-state index in [2.05, 4.69) is 15.4 Å². The Bertz CT molecular complexity index is 1280. The van der Waals surface area contributed by atoms with Gasteiger partial charge in [-0.3, -0.25) is 4.79 Å². The van der Waals surface area contributed by atoms with Gasteiger partial charge in [0.1, 0.15) is 5.82 Å². The van der Waals surface area contributed by atoms with Crippen LogP contribution in [0.4, 0.5) is 4.39 Å². The summed E-state index contributed by atoms with van der Waals surface area (Å²) in [6.45, 7) is 3.97. The Hall–Kier alpha value is -3.16. The van der Waals surface area contributed by atoms with Crippen LogP contribution in [0.1, 0.15) is 22.5 Å². The Morgan fingerprint density at radius 1 is 1.12 bits per heavy atom. The predicted octanol–water partition coefficient (Wildman–Crippen LogP) is 4.98. The molecule has 0 aliphatic carbocycles. The van der Waals surface area contributed by atoms with Gasteiger partial charge in [-0.1, -0.05) is 29.3 Å². The van der Waals surface area contributed by atoms with Crippen LogP contribution in [0.15, 0.2) is 55.1 Å². The number of nitrogens with one attached hydrogen (secondary N) is 1. The molecule has 0 atom stereocenters. The second kappa shape index (κ2) is 9.14. The number of amides is 1. The summed E-state index contributed by atoms with van der Waals surface area (Å²) in [6.07, 6.45) is 4.95.